The standard InChI is InChI=1S/C15H23N/c1-11(2)13-4-6-14(7-5-13)15-8-9-16-10-12(15)3/h4-7,11-12,15-16H,8-10H2,1-3H3. The third-order valence-corrected chi connectivity index (χ3v) is 3.82. The van der Waals surface area contributed by atoms with Crippen molar-refractivity contribution in [1.29, 1.82) is 0 Å². The molecule has 1 N–H and O–H groups in total. The monoisotopic (exact) mass is 217 g/mol. The number of hydrogen-bond donors (Lipinski definition) is 1. The maximum absolute atomic E-state index is 3.46. The van der Waals surface area contributed by atoms with E-state index in [-0.39, 0.29) is 0 Å². The van der Waals surface area contributed by atoms with Gasteiger partial charge in [-0.1, -0.05) is 45.0 Å². The van der Waals surface area contributed by atoms with Crippen LogP contribution >= 0.6 is 0 Å². The van der Waals surface area contributed by atoms with E-state index in [2.05, 4.69) is 50.4 Å². The highest BCUT2D eigenvalue weighted by Crippen LogP contribution is 2.30. The second kappa shape index (κ2) is 5.01. The highest BCUT2D eigenvalue weighted by atomic mass is 14.9. The van der Waals surface area contributed by atoms with Crippen molar-refractivity contribution in [1.82, 2.24) is 5.32 Å². The van der Waals surface area contributed by atoms with Crippen molar-refractivity contribution < 1.29 is 0 Å². The fourth-order valence-electron chi connectivity index (χ4n) is 2.64. The third kappa shape index (κ3) is 2.46. The van der Waals surface area contributed by atoms with Gasteiger partial charge in [0.2, 0.25) is 0 Å². The Morgan fingerprint density at radius 2 is 1.88 bits per heavy atom. The Morgan fingerprint density at radius 3 is 2.44 bits per heavy atom. The second-order valence-corrected chi connectivity index (χ2v) is 5.40. The van der Waals surface area contributed by atoms with Crippen LogP contribution in [0, 0.1) is 5.92 Å². The molecule has 2 unspecified atom stereocenters. The Labute approximate surface area is 99.3 Å². The summed E-state index contributed by atoms with van der Waals surface area (Å²) in [6.45, 7) is 9.19. The number of hydrogen-bond acceptors (Lipinski definition) is 1. The largest absolute Gasteiger partial charge is 0.316 e. The van der Waals surface area contributed by atoms with E-state index < -0.39 is 0 Å². The lowest BCUT2D eigenvalue weighted by Crippen LogP contribution is -2.33. The molecule has 2 atom stereocenters. The summed E-state index contributed by atoms with van der Waals surface area (Å²) in [5, 5.41) is 3.46. The molecule has 1 nitrogen and oxygen atoms in total. The van der Waals surface area contributed by atoms with Gasteiger partial charge in [0.1, 0.15) is 0 Å². The van der Waals surface area contributed by atoms with Gasteiger partial charge in [-0.15, -0.1) is 0 Å². The van der Waals surface area contributed by atoms with E-state index >= 15 is 0 Å². The van der Waals surface area contributed by atoms with Crippen molar-refractivity contribution in [2.24, 2.45) is 5.92 Å². The molecule has 88 valence electrons. The maximum atomic E-state index is 3.46. The average molecular weight is 217 g/mol. The molecule has 1 aliphatic heterocycles. The van der Waals surface area contributed by atoms with Crippen LogP contribution in [0.4, 0.5) is 0 Å². The maximum Gasteiger partial charge on any atom is -0.00173 e. The SMILES string of the molecule is CC(C)c1ccc(C2CCNCC2C)cc1. The van der Waals surface area contributed by atoms with E-state index in [0.717, 1.165) is 18.4 Å². The number of nitrogens with one attached hydrogen (secondary N) is 1. The van der Waals surface area contributed by atoms with Crippen LogP contribution in [0.3, 0.4) is 0 Å². The topological polar surface area (TPSA) is 12.0 Å². The molecular formula is C15H23N. The second-order valence-electron chi connectivity index (χ2n) is 5.40. The van der Waals surface area contributed by atoms with Crippen molar-refractivity contribution >= 4 is 0 Å². The van der Waals surface area contributed by atoms with E-state index in [1.165, 1.54) is 24.1 Å². The third-order valence-electron chi connectivity index (χ3n) is 3.82. The van der Waals surface area contributed by atoms with Crippen molar-refractivity contribution in [2.75, 3.05) is 13.1 Å². The van der Waals surface area contributed by atoms with E-state index in [0.29, 0.717) is 5.92 Å². The summed E-state index contributed by atoms with van der Waals surface area (Å²) in [5.41, 5.74) is 2.98. The van der Waals surface area contributed by atoms with E-state index in [1.807, 2.05) is 0 Å². The Bertz CT molecular complexity index is 326. The van der Waals surface area contributed by atoms with Gasteiger partial charge >= 0.3 is 0 Å². The molecule has 0 bridgehead atoms. The van der Waals surface area contributed by atoms with Crippen molar-refractivity contribution in [3.8, 4) is 0 Å². The lowest BCUT2D eigenvalue weighted by atomic mass is 9.82. The van der Waals surface area contributed by atoms with Crippen molar-refractivity contribution in [3.63, 3.8) is 0 Å². The molecule has 0 spiro atoms. The number of benzene rings is 1. The molecule has 0 aliphatic carbocycles. The molecule has 2 rings (SSSR count). The van der Waals surface area contributed by atoms with Gasteiger partial charge in [0.05, 0.1) is 0 Å². The molecule has 1 aliphatic rings. The molecule has 0 aromatic heterocycles. The molecule has 1 heteroatoms. The van der Waals surface area contributed by atoms with Crippen LogP contribution in [0.25, 0.3) is 0 Å². The van der Waals surface area contributed by atoms with Crippen LogP contribution in [-0.4, -0.2) is 13.1 Å². The zero-order chi connectivity index (χ0) is 11.5. The Kier molecular flexibility index (Phi) is 3.65. The molecule has 0 amide bonds. The fourth-order valence-corrected chi connectivity index (χ4v) is 2.64. The van der Waals surface area contributed by atoms with E-state index in [1.54, 1.807) is 0 Å². The predicted molar refractivity (Wildman–Crippen MR) is 69.9 cm³/mol. The van der Waals surface area contributed by atoms with Gasteiger partial charge in [-0.05, 0) is 48.4 Å². The summed E-state index contributed by atoms with van der Waals surface area (Å²) >= 11 is 0. The van der Waals surface area contributed by atoms with E-state index in [9.17, 15) is 0 Å². The van der Waals surface area contributed by atoms with Gasteiger partial charge in [0.15, 0.2) is 0 Å². The molecule has 1 fully saturated rings. The summed E-state index contributed by atoms with van der Waals surface area (Å²) in [6.07, 6.45) is 1.28. The zero-order valence-corrected chi connectivity index (χ0v) is 10.7. The highest BCUT2D eigenvalue weighted by Gasteiger charge is 2.22. The first-order chi connectivity index (χ1) is 7.68. The van der Waals surface area contributed by atoms with Gasteiger partial charge in [0.25, 0.3) is 0 Å². The minimum atomic E-state index is 0.638. The first-order valence-electron chi connectivity index (χ1n) is 6.49. The molecule has 1 aromatic carbocycles. The molecule has 0 radical (unpaired) electrons. The number of piperidine rings is 1. The zero-order valence-electron chi connectivity index (χ0n) is 10.7. The Hall–Kier alpha value is -0.820. The van der Waals surface area contributed by atoms with Gasteiger partial charge in [0, 0.05) is 0 Å². The van der Waals surface area contributed by atoms with Gasteiger partial charge in [-0.3, -0.25) is 0 Å². The summed E-state index contributed by atoms with van der Waals surface area (Å²) in [5.74, 6) is 2.15. The quantitative estimate of drug-likeness (QED) is 0.799. The smallest absolute Gasteiger partial charge is 0.00173 e. The van der Waals surface area contributed by atoms with Gasteiger partial charge in [-0.2, -0.15) is 0 Å². The van der Waals surface area contributed by atoms with Gasteiger partial charge in [-0.25, -0.2) is 0 Å². The molecule has 1 heterocycles. The van der Waals surface area contributed by atoms with Crippen LogP contribution in [0.5, 0.6) is 0 Å². The lowest BCUT2D eigenvalue weighted by molar-refractivity contribution is 0.349. The lowest BCUT2D eigenvalue weighted by Gasteiger charge is -2.30. The van der Waals surface area contributed by atoms with Crippen LogP contribution in [0.2, 0.25) is 0 Å². The molecule has 1 saturated heterocycles. The molecule has 1 aromatic rings. The summed E-state index contributed by atoms with van der Waals surface area (Å²) in [6, 6.07) is 9.27. The highest BCUT2D eigenvalue weighted by molar-refractivity contribution is 5.28. The van der Waals surface area contributed by atoms with Crippen molar-refractivity contribution in [3.05, 3.63) is 35.4 Å². The van der Waals surface area contributed by atoms with Gasteiger partial charge < -0.3 is 5.32 Å². The minimum absolute atomic E-state index is 0.638. The summed E-state index contributed by atoms with van der Waals surface area (Å²) in [7, 11) is 0. The van der Waals surface area contributed by atoms with E-state index in [4.69, 9.17) is 0 Å². The first kappa shape index (κ1) is 11.7. The minimum Gasteiger partial charge on any atom is -0.316 e. The molecule has 0 saturated carbocycles. The normalized spacial score (nSPS) is 26.0. The first-order valence-corrected chi connectivity index (χ1v) is 6.49. The van der Waals surface area contributed by atoms with Crippen LogP contribution < -0.4 is 5.32 Å². The summed E-state index contributed by atoms with van der Waals surface area (Å²) in [4.78, 5) is 0. The van der Waals surface area contributed by atoms with Crippen LogP contribution in [-0.2, 0) is 0 Å². The van der Waals surface area contributed by atoms with Crippen LogP contribution in [0.15, 0.2) is 24.3 Å². The number of rotatable bonds is 2. The summed E-state index contributed by atoms with van der Waals surface area (Å²) < 4.78 is 0. The van der Waals surface area contributed by atoms with Crippen molar-refractivity contribution in [2.45, 2.75) is 39.0 Å². The average Bonchev–Trinajstić information content (AvgIpc) is 2.30. The fraction of sp³-hybridized carbons (Fsp3) is 0.600. The molecular weight excluding hydrogens is 194 g/mol. The molecule has 16 heavy (non-hydrogen) atoms. The Balaban J connectivity index is 2.14. The Morgan fingerprint density at radius 1 is 1.19 bits per heavy atom. The predicted octanol–water partition coefficient (Wildman–Crippen LogP) is 3.52. The van der Waals surface area contributed by atoms with Crippen LogP contribution in [0.1, 0.15) is 50.2 Å².